The van der Waals surface area contributed by atoms with Crippen molar-refractivity contribution in [1.29, 1.82) is 0 Å². The van der Waals surface area contributed by atoms with Crippen LogP contribution in [0.25, 0.3) is 0 Å². The normalized spacial score (nSPS) is 10.2. The summed E-state index contributed by atoms with van der Waals surface area (Å²) >= 11 is 0. The van der Waals surface area contributed by atoms with Gasteiger partial charge in [0, 0.05) is 18.3 Å². The molecule has 2 aromatic carbocycles. The largest absolute Gasteiger partial charge is 0.496 e. The molecule has 1 N–H and O–H groups in total. The molecule has 2 aromatic rings. The Hall–Kier alpha value is -2.89. The van der Waals surface area contributed by atoms with Gasteiger partial charge in [0.25, 0.3) is 0 Å². The van der Waals surface area contributed by atoms with E-state index in [-0.39, 0.29) is 18.9 Å². The quantitative estimate of drug-likeness (QED) is 0.877. The first-order valence-corrected chi connectivity index (χ1v) is 7.82. The third-order valence-corrected chi connectivity index (χ3v) is 3.69. The van der Waals surface area contributed by atoms with Crippen molar-refractivity contribution in [2.75, 3.05) is 26.0 Å². The maximum absolute atomic E-state index is 13.1. The number of hydrogen-bond donors (Lipinski definition) is 1. The summed E-state index contributed by atoms with van der Waals surface area (Å²) in [6.45, 7) is 1.81. The molecule has 25 heavy (non-hydrogen) atoms. The van der Waals surface area contributed by atoms with Crippen molar-refractivity contribution in [3.63, 3.8) is 0 Å². The summed E-state index contributed by atoms with van der Waals surface area (Å²) < 4.78 is 18.4. The zero-order valence-corrected chi connectivity index (χ0v) is 14.5. The molecule has 0 fully saturated rings. The number of anilines is 1. The maximum Gasteiger partial charge on any atom is 0.243 e. The van der Waals surface area contributed by atoms with Crippen molar-refractivity contribution >= 4 is 17.5 Å². The Morgan fingerprint density at radius 1 is 1.20 bits per heavy atom. The molecule has 0 aliphatic rings. The smallest absolute Gasteiger partial charge is 0.243 e. The number of ether oxygens (including phenoxy) is 1. The Bertz CT molecular complexity index is 777. The summed E-state index contributed by atoms with van der Waals surface area (Å²) in [5.74, 6) is -0.402. The van der Waals surface area contributed by atoms with Gasteiger partial charge < -0.3 is 15.0 Å². The molecule has 0 aromatic heterocycles. The average Bonchev–Trinajstić information content (AvgIpc) is 2.54. The van der Waals surface area contributed by atoms with Crippen LogP contribution in [0, 0.1) is 12.7 Å². The Morgan fingerprint density at radius 3 is 2.64 bits per heavy atom. The molecule has 0 saturated heterocycles. The maximum atomic E-state index is 13.1. The van der Waals surface area contributed by atoms with Crippen LogP contribution < -0.4 is 10.1 Å². The molecule has 5 nitrogen and oxygen atoms in total. The van der Waals surface area contributed by atoms with Crippen LogP contribution in [0.1, 0.15) is 11.1 Å². The number of carbonyl (C=O) groups is 2. The molecular formula is C19H21FN2O3. The minimum Gasteiger partial charge on any atom is -0.496 e. The van der Waals surface area contributed by atoms with Gasteiger partial charge in [-0.25, -0.2) is 4.39 Å². The first-order chi connectivity index (χ1) is 11.9. The van der Waals surface area contributed by atoms with Crippen molar-refractivity contribution in [2.24, 2.45) is 0 Å². The van der Waals surface area contributed by atoms with Crippen LogP contribution in [0.4, 0.5) is 10.1 Å². The minimum absolute atomic E-state index is 0.122. The highest BCUT2D eigenvalue weighted by atomic mass is 19.1. The van der Waals surface area contributed by atoms with Crippen LogP contribution in [-0.4, -0.2) is 37.4 Å². The van der Waals surface area contributed by atoms with Crippen LogP contribution in [0.15, 0.2) is 42.5 Å². The van der Waals surface area contributed by atoms with Crippen molar-refractivity contribution < 1.29 is 18.7 Å². The highest BCUT2D eigenvalue weighted by Gasteiger charge is 2.16. The van der Waals surface area contributed by atoms with Crippen LogP contribution in [0.3, 0.4) is 0 Å². The average molecular weight is 344 g/mol. The molecule has 0 aliphatic heterocycles. The molecule has 0 unspecified atom stereocenters. The van der Waals surface area contributed by atoms with Gasteiger partial charge in [-0.1, -0.05) is 23.8 Å². The highest BCUT2D eigenvalue weighted by Crippen LogP contribution is 2.20. The van der Waals surface area contributed by atoms with Gasteiger partial charge in [0.2, 0.25) is 11.8 Å². The van der Waals surface area contributed by atoms with Gasteiger partial charge in [0.1, 0.15) is 11.6 Å². The van der Waals surface area contributed by atoms with Crippen LogP contribution in [0.5, 0.6) is 5.75 Å². The zero-order valence-electron chi connectivity index (χ0n) is 14.5. The number of nitrogens with one attached hydrogen (secondary N) is 1. The molecule has 0 atom stereocenters. The lowest BCUT2D eigenvalue weighted by atomic mass is 10.1. The van der Waals surface area contributed by atoms with Gasteiger partial charge in [-0.15, -0.1) is 0 Å². The fourth-order valence-electron chi connectivity index (χ4n) is 2.41. The number of aryl methyl sites for hydroxylation is 1. The lowest BCUT2D eigenvalue weighted by molar-refractivity contribution is -0.132. The topological polar surface area (TPSA) is 58.6 Å². The molecule has 0 bridgehead atoms. The Kier molecular flexibility index (Phi) is 6.11. The van der Waals surface area contributed by atoms with E-state index >= 15 is 0 Å². The van der Waals surface area contributed by atoms with E-state index in [1.807, 2.05) is 25.1 Å². The molecule has 6 heteroatoms. The first kappa shape index (κ1) is 18.4. The zero-order chi connectivity index (χ0) is 18.4. The summed E-state index contributed by atoms with van der Waals surface area (Å²) in [5, 5.41) is 2.57. The van der Waals surface area contributed by atoms with Crippen molar-refractivity contribution in [2.45, 2.75) is 13.3 Å². The van der Waals surface area contributed by atoms with Crippen LogP contribution in [0.2, 0.25) is 0 Å². The highest BCUT2D eigenvalue weighted by molar-refractivity contribution is 5.94. The van der Waals surface area contributed by atoms with Gasteiger partial charge >= 0.3 is 0 Å². The van der Waals surface area contributed by atoms with Crippen molar-refractivity contribution in [3.8, 4) is 5.75 Å². The van der Waals surface area contributed by atoms with Gasteiger partial charge in [-0.05, 0) is 31.2 Å². The number of amides is 2. The third kappa shape index (κ3) is 5.31. The summed E-state index contributed by atoms with van der Waals surface area (Å²) in [6.07, 6.45) is 0.134. The van der Waals surface area contributed by atoms with E-state index in [9.17, 15) is 14.0 Å². The molecule has 0 saturated carbocycles. The van der Waals surface area contributed by atoms with E-state index in [0.29, 0.717) is 11.4 Å². The number of nitrogens with zero attached hydrogens (tertiary/aromatic N) is 1. The van der Waals surface area contributed by atoms with E-state index in [4.69, 9.17) is 4.74 Å². The lowest BCUT2D eigenvalue weighted by Gasteiger charge is -2.18. The molecule has 2 amide bonds. The fraction of sp³-hybridized carbons (Fsp3) is 0.263. The third-order valence-electron chi connectivity index (χ3n) is 3.69. The standard InChI is InChI=1S/C19H21FN2O3/c1-13-7-8-17(25-3)14(9-13)10-19(24)22(2)12-18(23)21-16-6-4-5-15(20)11-16/h4-9,11H,10,12H2,1-3H3,(H,21,23). The fourth-order valence-corrected chi connectivity index (χ4v) is 2.41. The monoisotopic (exact) mass is 344 g/mol. The van der Waals surface area contributed by atoms with Crippen molar-refractivity contribution in [3.05, 3.63) is 59.4 Å². The summed E-state index contributed by atoms with van der Waals surface area (Å²) in [6, 6.07) is 11.2. The Labute approximate surface area is 146 Å². The summed E-state index contributed by atoms with van der Waals surface area (Å²) in [5.41, 5.74) is 2.14. The molecule has 0 aliphatic carbocycles. The van der Waals surface area contributed by atoms with E-state index in [1.165, 1.54) is 23.1 Å². The predicted octanol–water partition coefficient (Wildman–Crippen LogP) is 2.78. The SMILES string of the molecule is COc1ccc(C)cc1CC(=O)N(C)CC(=O)Nc1cccc(F)c1. The molecule has 0 spiro atoms. The van der Waals surface area contributed by atoms with E-state index < -0.39 is 11.7 Å². The predicted molar refractivity (Wildman–Crippen MR) is 94.1 cm³/mol. The number of likely N-dealkylation sites (N-methyl/N-ethyl adjacent to an activating group) is 1. The number of methoxy groups -OCH3 is 1. The molecular weight excluding hydrogens is 323 g/mol. The van der Waals surface area contributed by atoms with Crippen molar-refractivity contribution in [1.82, 2.24) is 4.90 Å². The molecule has 2 rings (SSSR count). The minimum atomic E-state index is -0.436. The summed E-state index contributed by atoms with van der Waals surface area (Å²) in [4.78, 5) is 25.7. The number of hydrogen-bond acceptors (Lipinski definition) is 3. The van der Waals surface area contributed by atoms with Gasteiger partial charge in [-0.2, -0.15) is 0 Å². The number of halogens is 1. The summed E-state index contributed by atoms with van der Waals surface area (Å²) in [7, 11) is 3.10. The Balaban J connectivity index is 1.96. The molecule has 0 radical (unpaired) electrons. The van der Waals surface area contributed by atoms with E-state index in [2.05, 4.69) is 5.32 Å². The second kappa shape index (κ2) is 8.28. The van der Waals surface area contributed by atoms with E-state index in [1.54, 1.807) is 20.2 Å². The first-order valence-electron chi connectivity index (χ1n) is 7.82. The Morgan fingerprint density at radius 2 is 1.96 bits per heavy atom. The van der Waals surface area contributed by atoms with Gasteiger partial charge in [0.15, 0.2) is 0 Å². The number of benzene rings is 2. The molecule has 0 heterocycles. The second-order valence-corrected chi connectivity index (χ2v) is 5.80. The van der Waals surface area contributed by atoms with Gasteiger partial charge in [-0.3, -0.25) is 9.59 Å². The molecule has 132 valence electrons. The lowest BCUT2D eigenvalue weighted by Crippen LogP contribution is -2.35. The second-order valence-electron chi connectivity index (χ2n) is 5.80. The number of carbonyl (C=O) groups excluding carboxylic acids is 2. The van der Waals surface area contributed by atoms with E-state index in [0.717, 1.165) is 11.1 Å². The number of rotatable bonds is 6. The van der Waals surface area contributed by atoms with Crippen LogP contribution in [-0.2, 0) is 16.0 Å². The van der Waals surface area contributed by atoms with Gasteiger partial charge in [0.05, 0.1) is 20.1 Å². The van der Waals surface area contributed by atoms with Crippen LogP contribution >= 0.6 is 0 Å².